The Hall–Kier alpha value is -3.20. The van der Waals surface area contributed by atoms with E-state index in [1.54, 1.807) is 45.4 Å². The van der Waals surface area contributed by atoms with Crippen molar-refractivity contribution < 1.29 is 19.2 Å². The van der Waals surface area contributed by atoms with Gasteiger partial charge in [-0.25, -0.2) is 4.79 Å². The maximum Gasteiger partial charge on any atom is 0.323 e. The van der Waals surface area contributed by atoms with Crippen LogP contribution < -0.4 is 5.32 Å². The van der Waals surface area contributed by atoms with Crippen molar-refractivity contribution in [3.63, 3.8) is 0 Å². The van der Waals surface area contributed by atoms with Gasteiger partial charge in [-0.3, -0.25) is 14.4 Å². The van der Waals surface area contributed by atoms with Crippen LogP contribution in [0.15, 0.2) is 41.8 Å². The van der Waals surface area contributed by atoms with Crippen LogP contribution in [0.1, 0.15) is 60.7 Å². The van der Waals surface area contributed by atoms with Crippen LogP contribution >= 0.6 is 11.3 Å². The first-order valence-electron chi connectivity index (χ1n) is 13.2. The zero-order valence-electron chi connectivity index (χ0n) is 21.2. The van der Waals surface area contributed by atoms with Crippen LogP contribution in [-0.4, -0.2) is 70.2 Å². The number of ketones is 1. The summed E-state index contributed by atoms with van der Waals surface area (Å²) in [7, 11) is 0. The molecule has 2 saturated heterocycles. The second kappa shape index (κ2) is 11.0. The standard InChI is InChI=1S/C28H34N4O4S/c1-19(33)20-9-11-22(12-10-20)29-28(36)31-16-14-25(34)32-24(31)18-30(15-13-23-8-5-17-37-23)27(35)26(32)21-6-3-2-4-7-21/h5,8-12,17,21,24,26H,2-4,6-7,13-16,18H2,1H3,(H,29,36)/t24-,26+/m1/s1. The second-order valence-electron chi connectivity index (χ2n) is 10.2. The van der Waals surface area contributed by atoms with E-state index in [1.165, 1.54) is 11.8 Å². The smallest absolute Gasteiger partial charge is 0.323 e. The molecule has 8 nitrogen and oxygen atoms in total. The van der Waals surface area contributed by atoms with Gasteiger partial charge in [0.1, 0.15) is 12.2 Å². The van der Waals surface area contributed by atoms with Gasteiger partial charge in [0.25, 0.3) is 0 Å². The van der Waals surface area contributed by atoms with Gasteiger partial charge in [0.15, 0.2) is 5.78 Å². The minimum absolute atomic E-state index is 0.0233. The third-order valence-corrected chi connectivity index (χ3v) is 8.83. The third kappa shape index (κ3) is 5.42. The first kappa shape index (κ1) is 25.4. The molecule has 5 rings (SSSR count). The number of fused-ring (bicyclic) bond motifs is 1. The zero-order valence-corrected chi connectivity index (χ0v) is 22.0. The summed E-state index contributed by atoms with van der Waals surface area (Å²) in [5.74, 6) is 0.0718. The number of Topliss-reactive ketones (excluding diaryl/α,β-unsaturated/α-hetero) is 1. The molecule has 2 aliphatic heterocycles. The largest absolute Gasteiger partial charge is 0.337 e. The topological polar surface area (TPSA) is 90.0 Å². The second-order valence-corrected chi connectivity index (χ2v) is 11.3. The lowest BCUT2D eigenvalue weighted by atomic mass is 9.81. The van der Waals surface area contributed by atoms with Gasteiger partial charge in [0.05, 0.1) is 6.54 Å². The fourth-order valence-electron chi connectivity index (χ4n) is 5.93. The van der Waals surface area contributed by atoms with Crippen molar-refractivity contribution in [3.05, 3.63) is 52.2 Å². The molecule has 1 aliphatic carbocycles. The van der Waals surface area contributed by atoms with E-state index in [4.69, 9.17) is 0 Å². The number of nitrogens with one attached hydrogen (secondary N) is 1. The van der Waals surface area contributed by atoms with Crippen LogP contribution in [0.5, 0.6) is 0 Å². The van der Waals surface area contributed by atoms with Crippen molar-refractivity contribution in [2.45, 2.75) is 64.1 Å². The van der Waals surface area contributed by atoms with Crippen LogP contribution in [0.25, 0.3) is 0 Å². The van der Waals surface area contributed by atoms with Crippen LogP contribution in [0.2, 0.25) is 0 Å². The first-order chi connectivity index (χ1) is 17.9. The summed E-state index contributed by atoms with van der Waals surface area (Å²) >= 11 is 1.68. The van der Waals surface area contributed by atoms with E-state index in [9.17, 15) is 19.2 Å². The predicted octanol–water partition coefficient (Wildman–Crippen LogP) is 4.38. The summed E-state index contributed by atoms with van der Waals surface area (Å²) in [6.07, 6.45) is 5.63. The summed E-state index contributed by atoms with van der Waals surface area (Å²) in [6, 6.07) is 10.1. The normalized spacial score (nSPS) is 22.7. The highest BCUT2D eigenvalue weighted by molar-refractivity contribution is 7.09. The molecular weight excluding hydrogens is 488 g/mol. The number of rotatable bonds is 6. The molecule has 2 atom stereocenters. The van der Waals surface area contributed by atoms with Gasteiger partial charge in [-0.2, -0.15) is 0 Å². The number of nitrogens with zero attached hydrogens (tertiary/aromatic N) is 3. The van der Waals surface area contributed by atoms with E-state index in [0.717, 1.165) is 38.5 Å². The van der Waals surface area contributed by atoms with Crippen molar-refractivity contribution in [1.82, 2.24) is 14.7 Å². The molecule has 3 aliphatic rings. The molecule has 0 bridgehead atoms. The maximum atomic E-state index is 13.8. The molecule has 1 aromatic heterocycles. The van der Waals surface area contributed by atoms with E-state index >= 15 is 0 Å². The lowest BCUT2D eigenvalue weighted by Gasteiger charge is -2.54. The molecule has 0 spiro atoms. The summed E-state index contributed by atoms with van der Waals surface area (Å²) < 4.78 is 0. The quantitative estimate of drug-likeness (QED) is 0.571. The highest BCUT2D eigenvalue weighted by Crippen LogP contribution is 2.36. The Morgan fingerprint density at radius 3 is 2.49 bits per heavy atom. The number of hydrogen-bond acceptors (Lipinski definition) is 5. The third-order valence-electron chi connectivity index (χ3n) is 7.89. The Labute approximate surface area is 221 Å². The minimum atomic E-state index is -0.514. The van der Waals surface area contributed by atoms with Crippen LogP contribution in [0, 0.1) is 5.92 Å². The molecule has 4 amide bonds. The van der Waals surface area contributed by atoms with E-state index in [0.29, 0.717) is 30.9 Å². The minimum Gasteiger partial charge on any atom is -0.337 e. The van der Waals surface area contributed by atoms with Gasteiger partial charge >= 0.3 is 6.03 Å². The van der Waals surface area contributed by atoms with Gasteiger partial charge in [-0.1, -0.05) is 25.3 Å². The highest BCUT2D eigenvalue weighted by Gasteiger charge is 2.51. The number of piperazine rings is 1. The molecule has 37 heavy (non-hydrogen) atoms. The fourth-order valence-corrected chi connectivity index (χ4v) is 6.63. The molecule has 1 saturated carbocycles. The summed E-state index contributed by atoms with van der Waals surface area (Å²) in [5.41, 5.74) is 1.17. The number of carbonyl (C=O) groups is 4. The van der Waals surface area contributed by atoms with Gasteiger partial charge in [-0.05, 0) is 67.8 Å². The zero-order chi connectivity index (χ0) is 25.9. The molecule has 2 aromatic rings. The Morgan fingerprint density at radius 2 is 1.81 bits per heavy atom. The van der Waals surface area contributed by atoms with Gasteiger partial charge in [-0.15, -0.1) is 11.3 Å². The number of amides is 4. The molecular formula is C28H34N4O4S. The highest BCUT2D eigenvalue weighted by atomic mass is 32.1. The number of hydrogen-bond donors (Lipinski definition) is 1. The summed E-state index contributed by atoms with van der Waals surface area (Å²) in [6.45, 7) is 2.70. The number of carbonyl (C=O) groups excluding carboxylic acids is 4. The SMILES string of the molecule is CC(=O)c1ccc(NC(=O)N2CCC(=O)N3[C@@H](C4CCCCC4)C(=O)N(CCc4cccs4)C[C@H]23)cc1. The van der Waals surface area contributed by atoms with Gasteiger partial charge < -0.3 is 20.0 Å². The summed E-state index contributed by atoms with van der Waals surface area (Å²) in [4.78, 5) is 58.7. The number of benzene rings is 1. The van der Waals surface area contributed by atoms with E-state index in [-0.39, 0.29) is 36.0 Å². The Kier molecular flexibility index (Phi) is 7.60. The van der Waals surface area contributed by atoms with Crippen molar-refractivity contribution in [3.8, 4) is 0 Å². The molecule has 9 heteroatoms. The van der Waals surface area contributed by atoms with Crippen molar-refractivity contribution in [1.29, 1.82) is 0 Å². The van der Waals surface area contributed by atoms with Crippen molar-refractivity contribution in [2.75, 3.05) is 25.0 Å². The molecule has 3 heterocycles. The maximum absolute atomic E-state index is 13.8. The van der Waals surface area contributed by atoms with E-state index in [2.05, 4.69) is 11.4 Å². The fraction of sp³-hybridized carbons (Fsp3) is 0.500. The van der Waals surface area contributed by atoms with Crippen molar-refractivity contribution >= 4 is 40.7 Å². The molecule has 1 aromatic carbocycles. The molecule has 0 unspecified atom stereocenters. The molecule has 0 radical (unpaired) electrons. The Balaban J connectivity index is 1.39. The number of anilines is 1. The molecule has 3 fully saturated rings. The number of thiophene rings is 1. The predicted molar refractivity (Wildman–Crippen MR) is 142 cm³/mol. The Morgan fingerprint density at radius 1 is 1.05 bits per heavy atom. The number of urea groups is 1. The first-order valence-corrected chi connectivity index (χ1v) is 14.1. The molecule has 1 N–H and O–H groups in total. The Bertz CT molecular complexity index is 1140. The average Bonchev–Trinajstić information content (AvgIpc) is 3.42. The lowest BCUT2D eigenvalue weighted by molar-refractivity contribution is -0.170. The summed E-state index contributed by atoms with van der Waals surface area (Å²) in [5, 5.41) is 4.97. The van der Waals surface area contributed by atoms with E-state index < -0.39 is 12.2 Å². The monoisotopic (exact) mass is 522 g/mol. The van der Waals surface area contributed by atoms with Crippen LogP contribution in [0.3, 0.4) is 0 Å². The van der Waals surface area contributed by atoms with Crippen LogP contribution in [-0.2, 0) is 16.0 Å². The van der Waals surface area contributed by atoms with Crippen molar-refractivity contribution in [2.24, 2.45) is 5.92 Å². The van der Waals surface area contributed by atoms with Gasteiger partial charge in [0.2, 0.25) is 11.8 Å². The van der Waals surface area contributed by atoms with Crippen LogP contribution in [0.4, 0.5) is 10.5 Å². The van der Waals surface area contributed by atoms with E-state index in [1.807, 2.05) is 16.3 Å². The van der Waals surface area contributed by atoms with Gasteiger partial charge in [0, 0.05) is 35.6 Å². The molecule has 196 valence electrons. The lowest BCUT2D eigenvalue weighted by Crippen LogP contribution is -2.73. The average molecular weight is 523 g/mol.